The molecule has 0 unspecified atom stereocenters. The van der Waals surface area contributed by atoms with Crippen molar-refractivity contribution in [1.29, 1.82) is 0 Å². The first kappa shape index (κ1) is 15.6. The number of hydrogen-bond donors (Lipinski definition) is 0. The molecule has 0 aliphatic heterocycles. The van der Waals surface area contributed by atoms with E-state index in [1.807, 2.05) is 25.1 Å². The summed E-state index contributed by atoms with van der Waals surface area (Å²) in [6.07, 6.45) is 1.94. The van der Waals surface area contributed by atoms with Crippen molar-refractivity contribution in [1.82, 2.24) is 4.90 Å². The van der Waals surface area contributed by atoms with Gasteiger partial charge in [-0.25, -0.2) is 0 Å². The molecule has 1 rings (SSSR count). The van der Waals surface area contributed by atoms with Gasteiger partial charge in [-0.3, -0.25) is 9.59 Å². The van der Waals surface area contributed by atoms with Crippen LogP contribution in [0.4, 0.5) is 0 Å². The number of rotatable bonds is 6. The van der Waals surface area contributed by atoms with Crippen LogP contribution in [0.25, 0.3) is 6.08 Å². The Bertz CT molecular complexity index is 507. The molecule has 102 valence electrons. The quantitative estimate of drug-likeness (QED) is 0.456. The Morgan fingerprint density at radius 2 is 2.00 bits per heavy atom. The highest BCUT2D eigenvalue weighted by atomic mass is 35.5. The van der Waals surface area contributed by atoms with E-state index in [0.29, 0.717) is 18.0 Å². The van der Waals surface area contributed by atoms with E-state index in [-0.39, 0.29) is 17.1 Å². The molecule has 0 aliphatic rings. The van der Waals surface area contributed by atoms with Crippen molar-refractivity contribution < 1.29 is 9.59 Å². The number of nitrogens with zero attached hydrogens (tertiary/aromatic N) is 1. The number of carbonyl (C=O) groups is 2. The van der Waals surface area contributed by atoms with E-state index in [0.717, 1.165) is 5.56 Å². The summed E-state index contributed by atoms with van der Waals surface area (Å²) in [4.78, 5) is 25.5. The maximum atomic E-state index is 12.0. The molecule has 1 aromatic rings. The number of Topliss-reactive ketones (excluding diaryl/α,β-unsaturated/α-hetero) is 2. The largest absolute Gasteiger partial charge is 0.309 e. The van der Waals surface area contributed by atoms with Crippen molar-refractivity contribution in [3.05, 3.63) is 40.4 Å². The Kier molecular flexibility index (Phi) is 5.93. The molecule has 19 heavy (non-hydrogen) atoms. The van der Waals surface area contributed by atoms with Gasteiger partial charge < -0.3 is 4.90 Å². The van der Waals surface area contributed by atoms with Gasteiger partial charge in [0.15, 0.2) is 11.6 Å². The molecule has 0 aromatic heterocycles. The van der Waals surface area contributed by atoms with Crippen molar-refractivity contribution in [2.24, 2.45) is 0 Å². The number of ketones is 2. The van der Waals surface area contributed by atoms with Crippen LogP contribution in [0.3, 0.4) is 0 Å². The molecule has 0 N–H and O–H groups in total. The number of carbonyl (C=O) groups excluding carboxylic acids is 2. The summed E-state index contributed by atoms with van der Waals surface area (Å²) in [6.45, 7) is 2.03. The van der Waals surface area contributed by atoms with E-state index in [2.05, 4.69) is 0 Å². The molecule has 0 saturated heterocycles. The van der Waals surface area contributed by atoms with Crippen molar-refractivity contribution in [2.45, 2.75) is 13.3 Å². The highest BCUT2D eigenvalue weighted by Gasteiger charge is 2.14. The maximum absolute atomic E-state index is 12.0. The van der Waals surface area contributed by atoms with Crippen LogP contribution in [0.5, 0.6) is 0 Å². The molecule has 1 aromatic carbocycles. The van der Waals surface area contributed by atoms with Gasteiger partial charge in [0.1, 0.15) is 0 Å². The van der Waals surface area contributed by atoms with E-state index in [1.54, 1.807) is 24.3 Å². The van der Waals surface area contributed by atoms with E-state index >= 15 is 0 Å². The number of hydrogen-bond acceptors (Lipinski definition) is 3. The van der Waals surface area contributed by atoms with E-state index in [9.17, 15) is 9.59 Å². The first-order valence-electron chi connectivity index (χ1n) is 6.06. The standard InChI is InChI=1S/C15H18ClNO2/c1-11(18)14(15(19)7-8-17(2)3)10-12-5-4-6-13(16)9-12/h4-6,9-10H,7-8H2,1-3H3. The molecule has 0 amide bonds. The van der Waals surface area contributed by atoms with Crippen LogP contribution in [0.2, 0.25) is 5.02 Å². The molecule has 0 atom stereocenters. The van der Waals surface area contributed by atoms with Crippen molar-refractivity contribution in [2.75, 3.05) is 20.6 Å². The van der Waals surface area contributed by atoms with E-state index < -0.39 is 0 Å². The minimum Gasteiger partial charge on any atom is -0.309 e. The van der Waals surface area contributed by atoms with Crippen LogP contribution >= 0.6 is 11.6 Å². The molecule has 0 radical (unpaired) electrons. The lowest BCUT2D eigenvalue weighted by Crippen LogP contribution is -2.19. The zero-order valence-corrected chi connectivity index (χ0v) is 12.2. The summed E-state index contributed by atoms with van der Waals surface area (Å²) < 4.78 is 0. The summed E-state index contributed by atoms with van der Waals surface area (Å²) in [5.41, 5.74) is 0.986. The monoisotopic (exact) mass is 279 g/mol. The number of halogens is 1. The van der Waals surface area contributed by atoms with Crippen molar-refractivity contribution >= 4 is 29.2 Å². The fraction of sp³-hybridized carbons (Fsp3) is 0.333. The zero-order chi connectivity index (χ0) is 14.4. The van der Waals surface area contributed by atoms with E-state index in [4.69, 9.17) is 11.6 Å². The molecule has 3 nitrogen and oxygen atoms in total. The topological polar surface area (TPSA) is 37.4 Å². The van der Waals surface area contributed by atoms with Crippen LogP contribution in [0, 0.1) is 0 Å². The Morgan fingerprint density at radius 3 is 2.53 bits per heavy atom. The SMILES string of the molecule is CC(=O)C(=Cc1cccc(Cl)c1)C(=O)CCN(C)C. The van der Waals surface area contributed by atoms with Crippen LogP contribution in [0.15, 0.2) is 29.8 Å². The van der Waals surface area contributed by atoms with Gasteiger partial charge in [-0.05, 0) is 44.8 Å². The minimum atomic E-state index is -0.219. The normalized spacial score (nSPS) is 11.7. The molecular weight excluding hydrogens is 262 g/mol. The molecule has 0 spiro atoms. The summed E-state index contributed by atoms with van der Waals surface area (Å²) in [6, 6.07) is 7.08. The Balaban J connectivity index is 2.94. The van der Waals surface area contributed by atoms with Gasteiger partial charge in [0, 0.05) is 18.0 Å². The third-order valence-corrected chi connectivity index (χ3v) is 2.86. The Hall–Kier alpha value is -1.45. The third kappa shape index (κ3) is 5.37. The highest BCUT2D eigenvalue weighted by molar-refractivity contribution is 6.30. The second-order valence-electron chi connectivity index (χ2n) is 4.65. The van der Waals surface area contributed by atoms with Gasteiger partial charge in [-0.1, -0.05) is 23.7 Å². The van der Waals surface area contributed by atoms with Gasteiger partial charge in [-0.15, -0.1) is 0 Å². The predicted octanol–water partition coefficient (Wildman–Crippen LogP) is 2.83. The fourth-order valence-corrected chi connectivity index (χ4v) is 1.80. The second-order valence-corrected chi connectivity index (χ2v) is 5.08. The van der Waals surface area contributed by atoms with Crippen molar-refractivity contribution in [3.63, 3.8) is 0 Å². The maximum Gasteiger partial charge on any atom is 0.167 e. The summed E-state index contributed by atoms with van der Waals surface area (Å²) in [5.74, 6) is -0.357. The minimum absolute atomic E-state index is 0.138. The van der Waals surface area contributed by atoms with Crippen LogP contribution in [0.1, 0.15) is 18.9 Å². The smallest absolute Gasteiger partial charge is 0.167 e. The lowest BCUT2D eigenvalue weighted by Gasteiger charge is -2.09. The molecule has 0 heterocycles. The molecule has 0 aliphatic carbocycles. The zero-order valence-electron chi connectivity index (χ0n) is 11.4. The molecule has 4 heteroatoms. The van der Waals surface area contributed by atoms with Gasteiger partial charge in [-0.2, -0.15) is 0 Å². The van der Waals surface area contributed by atoms with Crippen LogP contribution in [-0.4, -0.2) is 37.1 Å². The lowest BCUT2D eigenvalue weighted by atomic mass is 10.0. The lowest BCUT2D eigenvalue weighted by molar-refractivity contribution is -0.120. The fourth-order valence-electron chi connectivity index (χ4n) is 1.60. The highest BCUT2D eigenvalue weighted by Crippen LogP contribution is 2.15. The predicted molar refractivity (Wildman–Crippen MR) is 78.3 cm³/mol. The molecule has 0 bridgehead atoms. The Labute approximate surface area is 118 Å². The third-order valence-electron chi connectivity index (χ3n) is 2.63. The Morgan fingerprint density at radius 1 is 1.32 bits per heavy atom. The first-order chi connectivity index (χ1) is 8.90. The summed E-state index contributed by atoms with van der Waals surface area (Å²) >= 11 is 5.88. The average Bonchev–Trinajstić information content (AvgIpc) is 2.32. The van der Waals surface area contributed by atoms with E-state index in [1.165, 1.54) is 6.92 Å². The summed E-state index contributed by atoms with van der Waals surface area (Å²) in [7, 11) is 3.78. The molecular formula is C15H18ClNO2. The second kappa shape index (κ2) is 7.22. The summed E-state index contributed by atoms with van der Waals surface area (Å²) in [5, 5.41) is 0.581. The first-order valence-corrected chi connectivity index (χ1v) is 6.44. The molecule has 0 saturated carbocycles. The number of allylic oxidation sites excluding steroid dienone is 1. The average molecular weight is 280 g/mol. The van der Waals surface area contributed by atoms with Gasteiger partial charge >= 0.3 is 0 Å². The number of benzene rings is 1. The van der Waals surface area contributed by atoms with Gasteiger partial charge in [0.05, 0.1) is 5.57 Å². The van der Waals surface area contributed by atoms with Crippen LogP contribution < -0.4 is 0 Å². The van der Waals surface area contributed by atoms with Gasteiger partial charge in [0.25, 0.3) is 0 Å². The van der Waals surface area contributed by atoms with Crippen LogP contribution in [-0.2, 0) is 9.59 Å². The molecule has 0 fully saturated rings. The van der Waals surface area contributed by atoms with Gasteiger partial charge in [0.2, 0.25) is 0 Å². The van der Waals surface area contributed by atoms with Crippen molar-refractivity contribution in [3.8, 4) is 0 Å².